The SMILES string of the molecule is CCNC(=NCc1ccccc1CS(=O)(=O)NC(C)C)NCC(C)c1ccsc1. The van der Waals surface area contributed by atoms with Crippen LogP contribution in [-0.4, -0.2) is 33.5 Å². The van der Waals surface area contributed by atoms with Gasteiger partial charge < -0.3 is 10.6 Å². The first-order valence-electron chi connectivity index (χ1n) is 9.91. The Labute approximate surface area is 178 Å². The lowest BCUT2D eigenvalue weighted by Crippen LogP contribution is -2.39. The third-order valence-electron chi connectivity index (χ3n) is 4.32. The predicted octanol–water partition coefficient (Wildman–Crippen LogP) is 3.43. The van der Waals surface area contributed by atoms with Gasteiger partial charge in [-0.2, -0.15) is 11.3 Å². The fraction of sp³-hybridized carbons (Fsp3) is 0.476. The highest BCUT2D eigenvalue weighted by molar-refractivity contribution is 7.88. The molecule has 1 unspecified atom stereocenters. The molecule has 0 aliphatic heterocycles. The van der Waals surface area contributed by atoms with Gasteiger partial charge in [0.05, 0.1) is 12.3 Å². The Morgan fingerprint density at radius 3 is 2.45 bits per heavy atom. The molecule has 2 rings (SSSR count). The normalized spacial score (nSPS) is 13.5. The second kappa shape index (κ2) is 11.3. The molecule has 3 N–H and O–H groups in total. The molecule has 0 saturated carbocycles. The van der Waals surface area contributed by atoms with Gasteiger partial charge in [-0.3, -0.25) is 0 Å². The van der Waals surface area contributed by atoms with Crippen molar-refractivity contribution >= 4 is 27.3 Å². The largest absolute Gasteiger partial charge is 0.357 e. The molecule has 2 aromatic rings. The van der Waals surface area contributed by atoms with Gasteiger partial charge in [-0.25, -0.2) is 18.1 Å². The van der Waals surface area contributed by atoms with Gasteiger partial charge in [0.25, 0.3) is 0 Å². The quantitative estimate of drug-likeness (QED) is 0.394. The maximum atomic E-state index is 12.3. The van der Waals surface area contributed by atoms with E-state index in [2.05, 4.69) is 44.1 Å². The first-order chi connectivity index (χ1) is 13.8. The lowest BCUT2D eigenvalue weighted by atomic mass is 10.1. The highest BCUT2D eigenvalue weighted by atomic mass is 32.2. The molecule has 6 nitrogen and oxygen atoms in total. The van der Waals surface area contributed by atoms with Gasteiger partial charge in [0.1, 0.15) is 0 Å². The molecule has 0 spiro atoms. The van der Waals surface area contributed by atoms with Gasteiger partial charge >= 0.3 is 0 Å². The minimum atomic E-state index is -3.38. The van der Waals surface area contributed by atoms with Crippen molar-refractivity contribution in [1.29, 1.82) is 0 Å². The van der Waals surface area contributed by atoms with Crippen molar-refractivity contribution in [3.05, 3.63) is 57.8 Å². The van der Waals surface area contributed by atoms with Gasteiger partial charge in [-0.1, -0.05) is 31.2 Å². The third-order valence-corrected chi connectivity index (χ3v) is 6.54. The van der Waals surface area contributed by atoms with Crippen LogP contribution in [0.25, 0.3) is 0 Å². The molecule has 0 aliphatic carbocycles. The van der Waals surface area contributed by atoms with Crippen molar-refractivity contribution in [2.24, 2.45) is 4.99 Å². The van der Waals surface area contributed by atoms with Crippen LogP contribution in [0.5, 0.6) is 0 Å². The van der Waals surface area contributed by atoms with E-state index in [9.17, 15) is 8.42 Å². The molecular formula is C21H32N4O2S2. The van der Waals surface area contributed by atoms with E-state index in [1.807, 2.05) is 45.0 Å². The average Bonchev–Trinajstić information content (AvgIpc) is 3.18. The number of sulfonamides is 1. The molecule has 0 radical (unpaired) electrons. The van der Waals surface area contributed by atoms with Crippen LogP contribution in [0.3, 0.4) is 0 Å². The molecule has 0 amide bonds. The highest BCUT2D eigenvalue weighted by Gasteiger charge is 2.15. The zero-order valence-electron chi connectivity index (χ0n) is 17.6. The number of thiophene rings is 1. The standard InChI is InChI=1S/C21H32N4O2S2/c1-5-22-21(23-12-17(4)19-10-11-28-14-19)24-13-18-8-6-7-9-20(18)15-29(26,27)25-16(2)3/h6-11,14,16-17,25H,5,12-13,15H2,1-4H3,(H2,22,23,24). The minimum Gasteiger partial charge on any atom is -0.357 e. The van der Waals surface area contributed by atoms with Crippen LogP contribution in [0.15, 0.2) is 46.1 Å². The maximum absolute atomic E-state index is 12.3. The van der Waals surface area contributed by atoms with Gasteiger partial charge in [0, 0.05) is 19.1 Å². The smallest absolute Gasteiger partial charge is 0.216 e. The molecule has 1 aromatic carbocycles. The van der Waals surface area contributed by atoms with Crippen molar-refractivity contribution in [2.45, 2.75) is 52.0 Å². The van der Waals surface area contributed by atoms with E-state index in [4.69, 9.17) is 0 Å². The second-order valence-corrected chi connectivity index (χ2v) is 9.87. The Hall–Kier alpha value is -1.90. The fourth-order valence-corrected chi connectivity index (χ4v) is 5.16. The first-order valence-corrected chi connectivity index (χ1v) is 12.5. The summed E-state index contributed by atoms with van der Waals surface area (Å²) in [4.78, 5) is 4.67. The van der Waals surface area contributed by atoms with Crippen LogP contribution >= 0.6 is 11.3 Å². The number of hydrogen-bond donors (Lipinski definition) is 3. The van der Waals surface area contributed by atoms with E-state index in [0.29, 0.717) is 12.5 Å². The van der Waals surface area contributed by atoms with Gasteiger partial charge in [-0.15, -0.1) is 0 Å². The van der Waals surface area contributed by atoms with Crippen molar-refractivity contribution in [1.82, 2.24) is 15.4 Å². The van der Waals surface area contributed by atoms with Crippen LogP contribution in [-0.2, 0) is 22.3 Å². The average molecular weight is 437 g/mol. The first kappa shape index (κ1) is 23.4. The van der Waals surface area contributed by atoms with Crippen LogP contribution < -0.4 is 15.4 Å². The molecule has 0 bridgehead atoms. The number of benzene rings is 1. The summed E-state index contributed by atoms with van der Waals surface area (Å²) in [5.74, 6) is 1.06. The topological polar surface area (TPSA) is 82.6 Å². The number of aliphatic imine (C=N–C) groups is 1. The molecule has 29 heavy (non-hydrogen) atoms. The summed E-state index contributed by atoms with van der Waals surface area (Å²) in [5.41, 5.74) is 2.99. The minimum absolute atomic E-state index is 0.0456. The number of nitrogens with one attached hydrogen (secondary N) is 3. The second-order valence-electron chi connectivity index (χ2n) is 7.33. The Bertz CT molecular complexity index is 878. The summed E-state index contributed by atoms with van der Waals surface area (Å²) in [5, 5.41) is 10.9. The number of hydrogen-bond acceptors (Lipinski definition) is 4. The van der Waals surface area contributed by atoms with Crippen LogP contribution in [0, 0.1) is 0 Å². The Morgan fingerprint density at radius 1 is 1.10 bits per heavy atom. The number of rotatable bonds is 10. The summed E-state index contributed by atoms with van der Waals surface area (Å²) >= 11 is 1.70. The number of nitrogens with zero attached hydrogens (tertiary/aromatic N) is 1. The van der Waals surface area contributed by atoms with Crippen molar-refractivity contribution < 1.29 is 8.42 Å². The summed E-state index contributed by atoms with van der Waals surface area (Å²) in [7, 11) is -3.38. The third kappa shape index (κ3) is 8.16. The lowest BCUT2D eigenvalue weighted by molar-refractivity contribution is 0.569. The van der Waals surface area contributed by atoms with Crippen molar-refractivity contribution in [3.63, 3.8) is 0 Å². The summed E-state index contributed by atoms with van der Waals surface area (Å²) in [6, 6.07) is 9.57. The van der Waals surface area contributed by atoms with Crippen LogP contribution in [0.1, 0.15) is 50.3 Å². The zero-order valence-corrected chi connectivity index (χ0v) is 19.2. The van der Waals surface area contributed by atoms with Crippen molar-refractivity contribution in [2.75, 3.05) is 13.1 Å². The molecule has 160 valence electrons. The predicted molar refractivity (Wildman–Crippen MR) is 123 cm³/mol. The Morgan fingerprint density at radius 2 is 1.83 bits per heavy atom. The number of guanidine groups is 1. The van der Waals surface area contributed by atoms with E-state index in [-0.39, 0.29) is 11.8 Å². The van der Waals surface area contributed by atoms with Crippen molar-refractivity contribution in [3.8, 4) is 0 Å². The molecule has 8 heteroatoms. The molecule has 0 aliphatic rings. The molecule has 1 aromatic heterocycles. The van der Waals surface area contributed by atoms with Gasteiger partial charge in [0.2, 0.25) is 10.0 Å². The summed E-state index contributed by atoms with van der Waals surface area (Å²) in [6.45, 7) is 9.79. The molecule has 0 fully saturated rings. The zero-order chi connectivity index (χ0) is 21.3. The lowest BCUT2D eigenvalue weighted by Gasteiger charge is -2.16. The summed E-state index contributed by atoms with van der Waals surface area (Å²) < 4.78 is 27.3. The van der Waals surface area contributed by atoms with Gasteiger partial charge in [-0.05, 0) is 60.2 Å². The molecule has 1 atom stereocenters. The maximum Gasteiger partial charge on any atom is 0.216 e. The molecular weight excluding hydrogens is 404 g/mol. The molecule has 1 heterocycles. The van der Waals surface area contributed by atoms with E-state index < -0.39 is 10.0 Å². The van der Waals surface area contributed by atoms with E-state index in [1.54, 1.807) is 11.3 Å². The Kier molecular flexibility index (Phi) is 9.13. The van der Waals surface area contributed by atoms with E-state index >= 15 is 0 Å². The monoisotopic (exact) mass is 436 g/mol. The van der Waals surface area contributed by atoms with E-state index in [1.165, 1.54) is 5.56 Å². The summed E-state index contributed by atoms with van der Waals surface area (Å²) in [6.07, 6.45) is 0. The van der Waals surface area contributed by atoms with Crippen LogP contribution in [0.2, 0.25) is 0 Å². The van der Waals surface area contributed by atoms with Gasteiger partial charge in [0.15, 0.2) is 5.96 Å². The Balaban J connectivity index is 2.06. The van der Waals surface area contributed by atoms with Crippen LogP contribution in [0.4, 0.5) is 0 Å². The highest BCUT2D eigenvalue weighted by Crippen LogP contribution is 2.17. The molecule has 0 saturated heterocycles. The fourth-order valence-electron chi connectivity index (χ4n) is 2.89. The van der Waals surface area contributed by atoms with E-state index in [0.717, 1.165) is 30.2 Å².